The van der Waals surface area contributed by atoms with E-state index in [1.807, 2.05) is 48.0 Å². The summed E-state index contributed by atoms with van der Waals surface area (Å²) in [5, 5.41) is 7.64. The molecule has 1 N–H and O–H groups in total. The SMILES string of the molecule is CC(=O)c1nn(CC(=O)N2C[C@H](F)C[C@H]2C(=O)Nc2cncc(Br)n2)c2ccc(-c3ccc4nc(C)cn4c3)cc12. The van der Waals surface area contributed by atoms with Crippen LogP contribution < -0.4 is 5.32 Å². The van der Waals surface area contributed by atoms with Crippen LogP contribution in [0.15, 0.2) is 59.7 Å². The fourth-order valence-corrected chi connectivity index (χ4v) is 5.48. The zero-order valence-electron chi connectivity index (χ0n) is 22.1. The van der Waals surface area contributed by atoms with Crippen molar-refractivity contribution in [1.82, 2.24) is 34.0 Å². The second-order valence-electron chi connectivity index (χ2n) is 9.97. The highest BCUT2D eigenvalue weighted by atomic mass is 79.9. The topological polar surface area (TPSA) is 127 Å². The Labute approximate surface area is 241 Å². The van der Waals surface area contributed by atoms with Crippen LogP contribution in [0.1, 0.15) is 29.5 Å². The van der Waals surface area contributed by atoms with Crippen molar-refractivity contribution in [3.8, 4) is 11.1 Å². The Morgan fingerprint density at radius 1 is 1.10 bits per heavy atom. The van der Waals surface area contributed by atoms with E-state index in [2.05, 4.69) is 41.3 Å². The van der Waals surface area contributed by atoms with Gasteiger partial charge in [0.25, 0.3) is 0 Å². The highest BCUT2D eigenvalue weighted by Gasteiger charge is 2.40. The normalized spacial score (nSPS) is 16.9. The number of halogens is 2. The van der Waals surface area contributed by atoms with Crippen molar-refractivity contribution in [3.05, 3.63) is 71.1 Å². The van der Waals surface area contributed by atoms with Gasteiger partial charge in [-0.15, -0.1) is 0 Å². The molecule has 1 saturated heterocycles. The van der Waals surface area contributed by atoms with Gasteiger partial charge in [-0.05, 0) is 58.2 Å². The Hall–Kier alpha value is -4.52. The zero-order chi connectivity index (χ0) is 28.8. The van der Waals surface area contributed by atoms with E-state index in [0.29, 0.717) is 15.5 Å². The summed E-state index contributed by atoms with van der Waals surface area (Å²) in [6.45, 7) is 2.85. The largest absolute Gasteiger partial charge is 0.326 e. The van der Waals surface area contributed by atoms with Crippen LogP contribution >= 0.6 is 15.9 Å². The lowest BCUT2D eigenvalue weighted by Crippen LogP contribution is -2.44. The van der Waals surface area contributed by atoms with E-state index < -0.39 is 24.0 Å². The molecule has 41 heavy (non-hydrogen) atoms. The summed E-state index contributed by atoms with van der Waals surface area (Å²) in [5.41, 5.74) is 4.32. The van der Waals surface area contributed by atoms with Crippen molar-refractivity contribution in [2.45, 2.75) is 39.0 Å². The molecule has 0 aliphatic carbocycles. The second kappa shape index (κ2) is 10.5. The first kappa shape index (κ1) is 26.7. The summed E-state index contributed by atoms with van der Waals surface area (Å²) >= 11 is 3.19. The van der Waals surface area contributed by atoms with E-state index in [-0.39, 0.29) is 36.8 Å². The third kappa shape index (κ3) is 5.20. The highest BCUT2D eigenvalue weighted by Crippen LogP contribution is 2.29. The molecule has 5 heterocycles. The molecule has 1 aromatic carbocycles. The molecule has 2 amide bonds. The average Bonchev–Trinajstić information content (AvgIpc) is 3.62. The number of Topliss-reactive ketones (excluding diaryl/α,β-unsaturated/α-hetero) is 1. The molecule has 0 radical (unpaired) electrons. The number of rotatable bonds is 6. The number of hydrogen-bond acceptors (Lipinski definition) is 7. The van der Waals surface area contributed by atoms with Gasteiger partial charge in [0, 0.05) is 31.1 Å². The molecular weight excluding hydrogens is 595 g/mol. The smallest absolute Gasteiger partial charge is 0.248 e. The molecule has 11 nitrogen and oxygen atoms in total. The summed E-state index contributed by atoms with van der Waals surface area (Å²) in [5.74, 6) is -1.12. The van der Waals surface area contributed by atoms with E-state index in [9.17, 15) is 18.8 Å². The van der Waals surface area contributed by atoms with E-state index in [0.717, 1.165) is 22.5 Å². The van der Waals surface area contributed by atoms with Gasteiger partial charge in [-0.25, -0.2) is 14.4 Å². The number of carbonyl (C=O) groups excluding carboxylic acids is 3. The number of anilines is 1. The van der Waals surface area contributed by atoms with Crippen LogP contribution in [0.25, 0.3) is 27.7 Å². The van der Waals surface area contributed by atoms with Crippen LogP contribution in [-0.4, -0.2) is 70.4 Å². The number of nitrogens with zero attached hydrogens (tertiary/aromatic N) is 7. The number of pyridine rings is 1. The van der Waals surface area contributed by atoms with E-state index in [1.165, 1.54) is 28.9 Å². The van der Waals surface area contributed by atoms with Crippen LogP contribution in [0.5, 0.6) is 0 Å². The maximum atomic E-state index is 14.5. The quantitative estimate of drug-likeness (QED) is 0.285. The van der Waals surface area contributed by atoms with E-state index in [4.69, 9.17) is 0 Å². The summed E-state index contributed by atoms with van der Waals surface area (Å²) in [6.07, 6.45) is 5.22. The molecule has 0 spiro atoms. The van der Waals surface area contributed by atoms with Crippen molar-refractivity contribution in [3.63, 3.8) is 0 Å². The molecule has 208 valence electrons. The summed E-state index contributed by atoms with van der Waals surface area (Å²) in [4.78, 5) is 52.6. The van der Waals surface area contributed by atoms with Crippen molar-refractivity contribution in [2.75, 3.05) is 11.9 Å². The van der Waals surface area contributed by atoms with Crippen molar-refractivity contribution in [2.24, 2.45) is 0 Å². The fourth-order valence-electron chi connectivity index (χ4n) is 5.17. The zero-order valence-corrected chi connectivity index (χ0v) is 23.7. The molecular formula is C28H24BrFN8O3. The number of likely N-dealkylation sites (tertiary alicyclic amines) is 1. The van der Waals surface area contributed by atoms with Crippen molar-refractivity contribution in [1.29, 1.82) is 0 Å². The molecule has 5 aromatic rings. The van der Waals surface area contributed by atoms with Gasteiger partial charge in [-0.2, -0.15) is 5.10 Å². The van der Waals surface area contributed by atoms with Gasteiger partial charge < -0.3 is 14.6 Å². The minimum Gasteiger partial charge on any atom is -0.326 e. The van der Waals surface area contributed by atoms with Gasteiger partial charge in [0.05, 0.1) is 30.1 Å². The van der Waals surface area contributed by atoms with Gasteiger partial charge in [0.15, 0.2) is 11.6 Å². The van der Waals surface area contributed by atoms with Crippen LogP contribution in [0.3, 0.4) is 0 Å². The van der Waals surface area contributed by atoms with E-state index in [1.54, 1.807) is 6.07 Å². The average molecular weight is 619 g/mol. The number of hydrogen-bond donors (Lipinski definition) is 1. The number of benzene rings is 1. The van der Waals surface area contributed by atoms with Crippen LogP contribution in [-0.2, 0) is 16.1 Å². The highest BCUT2D eigenvalue weighted by molar-refractivity contribution is 9.10. The fraction of sp³-hybridized carbons (Fsp3) is 0.250. The molecule has 1 aliphatic rings. The van der Waals surface area contributed by atoms with Crippen LogP contribution in [0.4, 0.5) is 10.2 Å². The summed E-state index contributed by atoms with van der Waals surface area (Å²) in [7, 11) is 0. The Morgan fingerprint density at radius 3 is 2.68 bits per heavy atom. The monoisotopic (exact) mass is 618 g/mol. The van der Waals surface area contributed by atoms with Crippen molar-refractivity contribution < 1.29 is 18.8 Å². The minimum atomic E-state index is -1.36. The van der Waals surface area contributed by atoms with Gasteiger partial charge in [-0.1, -0.05) is 6.07 Å². The summed E-state index contributed by atoms with van der Waals surface area (Å²) < 4.78 is 18.3. The number of carbonyl (C=O) groups is 3. The molecule has 6 rings (SSSR count). The lowest BCUT2D eigenvalue weighted by Gasteiger charge is -2.23. The Kier molecular flexibility index (Phi) is 6.81. The number of imidazole rings is 1. The first-order valence-electron chi connectivity index (χ1n) is 12.9. The molecule has 4 aromatic heterocycles. The molecule has 2 atom stereocenters. The second-order valence-corrected chi connectivity index (χ2v) is 10.8. The van der Waals surface area contributed by atoms with Crippen LogP contribution in [0, 0.1) is 6.92 Å². The lowest BCUT2D eigenvalue weighted by molar-refractivity contribution is -0.137. The number of aromatic nitrogens is 6. The number of alkyl halides is 1. The Balaban J connectivity index is 1.28. The van der Waals surface area contributed by atoms with E-state index >= 15 is 0 Å². The van der Waals surface area contributed by atoms with Gasteiger partial charge >= 0.3 is 0 Å². The third-order valence-corrected chi connectivity index (χ3v) is 7.39. The molecule has 13 heteroatoms. The number of aryl methyl sites for hydroxylation is 1. The predicted molar refractivity (Wildman–Crippen MR) is 152 cm³/mol. The Morgan fingerprint density at radius 2 is 1.90 bits per heavy atom. The van der Waals surface area contributed by atoms with Crippen molar-refractivity contribution >= 4 is 55.9 Å². The van der Waals surface area contributed by atoms with Gasteiger partial charge in [0.1, 0.15) is 34.7 Å². The van der Waals surface area contributed by atoms with Crippen LogP contribution in [0.2, 0.25) is 0 Å². The standard InChI is InChI=1S/C28H24BrFN8O3/c1-15-11-36-12-18(4-6-25(36)32-15)17-3-5-21-20(7-17)27(16(2)39)35-38(21)14-26(40)37-13-19(30)8-22(37)28(41)34-24-10-31-9-23(29)33-24/h3-7,9-12,19,22H,8,13-14H2,1-2H3,(H,33,34,41)/t19-,22+/m1/s1. The minimum absolute atomic E-state index is 0.137. The number of amides is 2. The number of ketones is 1. The first-order chi connectivity index (χ1) is 19.7. The number of fused-ring (bicyclic) bond motifs is 2. The Bertz CT molecular complexity index is 1850. The summed E-state index contributed by atoms with van der Waals surface area (Å²) in [6, 6.07) is 8.41. The third-order valence-electron chi connectivity index (χ3n) is 7.00. The predicted octanol–water partition coefficient (Wildman–Crippen LogP) is 3.99. The maximum absolute atomic E-state index is 14.5. The number of nitrogens with one attached hydrogen (secondary N) is 1. The molecule has 0 unspecified atom stereocenters. The molecule has 1 fully saturated rings. The van der Waals surface area contributed by atoms with Gasteiger partial charge in [-0.3, -0.25) is 24.0 Å². The van der Waals surface area contributed by atoms with Gasteiger partial charge in [0.2, 0.25) is 11.8 Å². The molecule has 0 bridgehead atoms. The first-order valence-corrected chi connectivity index (χ1v) is 13.6. The molecule has 1 aliphatic heterocycles. The molecule has 0 saturated carbocycles. The maximum Gasteiger partial charge on any atom is 0.248 e. The lowest BCUT2D eigenvalue weighted by atomic mass is 10.0.